The third-order valence-corrected chi connectivity index (χ3v) is 2.37. The summed E-state index contributed by atoms with van der Waals surface area (Å²) in [4.78, 5) is 11.5. The first-order valence-corrected chi connectivity index (χ1v) is 6.19. The number of hydrogen-bond acceptors (Lipinski definition) is 3. The number of carbonyl (C=O) groups is 1. The van der Waals surface area contributed by atoms with E-state index in [0.717, 1.165) is 18.2 Å². The molecule has 0 N–H and O–H groups in total. The molecular formula is C15H17F3O3. The van der Waals surface area contributed by atoms with Crippen LogP contribution in [0.2, 0.25) is 0 Å². The maximum absolute atomic E-state index is 12.6. The van der Waals surface area contributed by atoms with Crippen LogP contribution in [-0.2, 0) is 15.7 Å². The second-order valence-corrected chi connectivity index (χ2v) is 5.32. The molecule has 0 atom stereocenters. The Morgan fingerprint density at radius 2 is 1.81 bits per heavy atom. The molecule has 0 aromatic heterocycles. The van der Waals surface area contributed by atoms with Crippen LogP contribution in [-0.4, -0.2) is 18.7 Å². The number of esters is 1. The van der Waals surface area contributed by atoms with Crippen molar-refractivity contribution in [1.29, 1.82) is 0 Å². The van der Waals surface area contributed by atoms with Crippen LogP contribution in [0.5, 0.6) is 5.75 Å². The molecule has 1 aromatic carbocycles. The molecule has 6 heteroatoms. The minimum absolute atomic E-state index is 0.0321. The van der Waals surface area contributed by atoms with Crippen LogP contribution >= 0.6 is 0 Å². The lowest BCUT2D eigenvalue weighted by atomic mass is 10.1. The van der Waals surface area contributed by atoms with E-state index in [9.17, 15) is 18.0 Å². The standard InChI is InChI=1S/C15H17F3O3/c1-14(2,3)21-13(19)8-6-10-5-7-11(15(16,17)18)9-12(10)20-4/h5-9H,1-4H3/b8-6+. The molecule has 0 bridgehead atoms. The van der Waals surface area contributed by atoms with Crippen molar-refractivity contribution in [2.75, 3.05) is 7.11 Å². The molecule has 0 unspecified atom stereocenters. The minimum atomic E-state index is -4.44. The summed E-state index contributed by atoms with van der Waals surface area (Å²) < 4.78 is 47.7. The molecule has 21 heavy (non-hydrogen) atoms. The SMILES string of the molecule is COc1cc(C(F)(F)F)ccc1/C=C/C(=O)OC(C)(C)C. The van der Waals surface area contributed by atoms with E-state index in [-0.39, 0.29) is 5.75 Å². The van der Waals surface area contributed by atoms with Gasteiger partial charge in [0.05, 0.1) is 12.7 Å². The molecule has 3 nitrogen and oxygen atoms in total. The van der Waals surface area contributed by atoms with Gasteiger partial charge in [-0.25, -0.2) is 4.79 Å². The summed E-state index contributed by atoms with van der Waals surface area (Å²) in [7, 11) is 1.26. The maximum Gasteiger partial charge on any atom is 0.416 e. The fraction of sp³-hybridized carbons (Fsp3) is 0.400. The molecule has 0 amide bonds. The van der Waals surface area contributed by atoms with Gasteiger partial charge in [-0.1, -0.05) is 6.07 Å². The van der Waals surface area contributed by atoms with Gasteiger partial charge in [-0.05, 0) is 39.0 Å². The van der Waals surface area contributed by atoms with E-state index >= 15 is 0 Å². The predicted molar refractivity (Wildman–Crippen MR) is 72.9 cm³/mol. The van der Waals surface area contributed by atoms with E-state index in [4.69, 9.17) is 9.47 Å². The number of benzene rings is 1. The number of rotatable bonds is 3. The predicted octanol–water partition coefficient (Wildman–Crippen LogP) is 4.07. The fourth-order valence-electron chi connectivity index (χ4n) is 1.52. The third-order valence-electron chi connectivity index (χ3n) is 2.37. The van der Waals surface area contributed by atoms with Gasteiger partial charge in [-0.2, -0.15) is 13.2 Å². The highest BCUT2D eigenvalue weighted by Crippen LogP contribution is 2.33. The number of halogens is 3. The van der Waals surface area contributed by atoms with Gasteiger partial charge in [0.1, 0.15) is 11.4 Å². The summed E-state index contributed by atoms with van der Waals surface area (Å²) in [5.74, 6) is -0.547. The molecule has 0 fully saturated rings. The van der Waals surface area contributed by atoms with E-state index in [2.05, 4.69) is 0 Å². The highest BCUT2D eigenvalue weighted by molar-refractivity contribution is 5.87. The van der Waals surface area contributed by atoms with Crippen molar-refractivity contribution in [2.45, 2.75) is 32.5 Å². The summed E-state index contributed by atoms with van der Waals surface area (Å²) in [5, 5.41) is 0. The van der Waals surface area contributed by atoms with Crippen LogP contribution in [0, 0.1) is 0 Å². The largest absolute Gasteiger partial charge is 0.496 e. The van der Waals surface area contributed by atoms with Crippen molar-refractivity contribution in [2.24, 2.45) is 0 Å². The van der Waals surface area contributed by atoms with E-state index in [1.54, 1.807) is 20.8 Å². The van der Waals surface area contributed by atoms with Gasteiger partial charge in [0.25, 0.3) is 0 Å². The first-order valence-electron chi connectivity index (χ1n) is 6.19. The average Bonchev–Trinajstić information content (AvgIpc) is 2.32. The van der Waals surface area contributed by atoms with E-state index < -0.39 is 23.3 Å². The van der Waals surface area contributed by atoms with Crippen LogP contribution in [0.4, 0.5) is 13.2 Å². The summed E-state index contributed by atoms with van der Waals surface area (Å²) in [6.07, 6.45) is -1.94. The zero-order valence-corrected chi connectivity index (χ0v) is 12.2. The molecular weight excluding hydrogens is 285 g/mol. The second kappa shape index (κ2) is 6.20. The number of ether oxygens (including phenoxy) is 2. The Bertz CT molecular complexity index is 540. The summed E-state index contributed by atoms with van der Waals surface area (Å²) in [6, 6.07) is 3.05. The topological polar surface area (TPSA) is 35.5 Å². The van der Waals surface area contributed by atoms with Gasteiger partial charge < -0.3 is 9.47 Å². The van der Waals surface area contributed by atoms with E-state index in [1.165, 1.54) is 19.3 Å². The van der Waals surface area contributed by atoms with Crippen molar-refractivity contribution in [1.82, 2.24) is 0 Å². The van der Waals surface area contributed by atoms with Crippen molar-refractivity contribution < 1.29 is 27.4 Å². The van der Waals surface area contributed by atoms with Crippen LogP contribution in [0.3, 0.4) is 0 Å². The molecule has 1 rings (SSSR count). The zero-order chi connectivity index (χ0) is 16.3. The van der Waals surface area contributed by atoms with Crippen molar-refractivity contribution in [3.8, 4) is 5.75 Å². The highest BCUT2D eigenvalue weighted by atomic mass is 19.4. The van der Waals surface area contributed by atoms with Crippen LogP contribution < -0.4 is 4.74 Å². The van der Waals surface area contributed by atoms with Crippen molar-refractivity contribution in [3.05, 3.63) is 35.4 Å². The highest BCUT2D eigenvalue weighted by Gasteiger charge is 2.31. The van der Waals surface area contributed by atoms with Gasteiger partial charge in [0.2, 0.25) is 0 Å². The van der Waals surface area contributed by atoms with Gasteiger partial charge in [0, 0.05) is 11.6 Å². The van der Waals surface area contributed by atoms with Crippen LogP contribution in [0.15, 0.2) is 24.3 Å². The molecule has 0 heterocycles. The summed E-state index contributed by atoms with van der Waals surface area (Å²) in [5.41, 5.74) is -1.09. The van der Waals surface area contributed by atoms with Gasteiger partial charge in [0.15, 0.2) is 0 Å². The first kappa shape index (κ1) is 17.1. The molecule has 0 radical (unpaired) electrons. The van der Waals surface area contributed by atoms with Gasteiger partial charge in [-0.15, -0.1) is 0 Å². The maximum atomic E-state index is 12.6. The first-order chi connectivity index (χ1) is 9.53. The zero-order valence-electron chi connectivity index (χ0n) is 12.2. The molecule has 0 spiro atoms. The Labute approximate surface area is 121 Å². The molecule has 116 valence electrons. The van der Waals surface area contributed by atoms with Gasteiger partial charge in [-0.3, -0.25) is 0 Å². The number of alkyl halides is 3. The summed E-state index contributed by atoms with van der Waals surface area (Å²) >= 11 is 0. The monoisotopic (exact) mass is 302 g/mol. The smallest absolute Gasteiger partial charge is 0.416 e. The number of carbonyl (C=O) groups excluding carboxylic acids is 1. The molecule has 0 saturated carbocycles. The number of methoxy groups -OCH3 is 1. The Morgan fingerprint density at radius 3 is 2.29 bits per heavy atom. The Kier molecular flexibility index (Phi) is 5.04. The minimum Gasteiger partial charge on any atom is -0.496 e. The Balaban J connectivity index is 2.96. The molecule has 0 saturated heterocycles. The van der Waals surface area contributed by atoms with Gasteiger partial charge >= 0.3 is 12.1 Å². The van der Waals surface area contributed by atoms with Crippen LogP contribution in [0.25, 0.3) is 6.08 Å². The molecule has 0 aliphatic rings. The lowest BCUT2D eigenvalue weighted by Crippen LogP contribution is -2.22. The summed E-state index contributed by atoms with van der Waals surface area (Å²) in [6.45, 7) is 5.16. The fourth-order valence-corrected chi connectivity index (χ4v) is 1.52. The van der Waals surface area contributed by atoms with E-state index in [0.29, 0.717) is 5.56 Å². The Morgan fingerprint density at radius 1 is 1.19 bits per heavy atom. The van der Waals surface area contributed by atoms with Crippen LogP contribution in [0.1, 0.15) is 31.9 Å². The number of hydrogen-bond donors (Lipinski definition) is 0. The average molecular weight is 302 g/mol. The lowest BCUT2D eigenvalue weighted by Gasteiger charge is -2.18. The lowest BCUT2D eigenvalue weighted by molar-refractivity contribution is -0.148. The quantitative estimate of drug-likeness (QED) is 0.623. The molecule has 0 aliphatic carbocycles. The second-order valence-electron chi connectivity index (χ2n) is 5.32. The third kappa shape index (κ3) is 5.49. The molecule has 1 aromatic rings. The van der Waals surface area contributed by atoms with Crippen molar-refractivity contribution >= 4 is 12.0 Å². The Hall–Kier alpha value is -1.98. The molecule has 0 aliphatic heterocycles. The van der Waals surface area contributed by atoms with E-state index in [1.807, 2.05) is 0 Å². The normalized spacial score (nSPS) is 12.5. The van der Waals surface area contributed by atoms with Crippen molar-refractivity contribution in [3.63, 3.8) is 0 Å².